The molecule has 0 saturated carbocycles. The van der Waals surface area contributed by atoms with E-state index in [4.69, 9.17) is 5.11 Å². The van der Waals surface area contributed by atoms with Gasteiger partial charge in [0.25, 0.3) is 0 Å². The van der Waals surface area contributed by atoms with Gasteiger partial charge in [-0.15, -0.1) is 0 Å². The Morgan fingerprint density at radius 1 is 1.41 bits per heavy atom. The van der Waals surface area contributed by atoms with E-state index in [-0.39, 0.29) is 24.7 Å². The van der Waals surface area contributed by atoms with Crippen LogP contribution in [-0.4, -0.2) is 23.5 Å². The molecule has 0 aliphatic carbocycles. The minimum atomic E-state index is -1.07. The number of nitrogens with one attached hydrogen (secondary N) is 1. The smallest absolute Gasteiger partial charge is 0.322 e. The van der Waals surface area contributed by atoms with Crippen LogP contribution in [0.4, 0.5) is 4.39 Å². The van der Waals surface area contributed by atoms with Crippen molar-refractivity contribution in [1.29, 1.82) is 0 Å². The Labute approximate surface area is 98.5 Å². The second-order valence-corrected chi connectivity index (χ2v) is 3.75. The van der Waals surface area contributed by atoms with E-state index in [1.165, 1.54) is 6.07 Å². The quantitative estimate of drug-likeness (QED) is 0.813. The highest BCUT2D eigenvalue weighted by molar-refractivity contribution is 5.81. The second kappa shape index (κ2) is 5.98. The third-order valence-corrected chi connectivity index (χ3v) is 2.30. The number of carboxylic acid groups (broad SMARTS) is 1. The predicted octanol–water partition coefficient (Wildman–Crippen LogP) is 1.27. The second-order valence-electron chi connectivity index (χ2n) is 3.75. The summed E-state index contributed by atoms with van der Waals surface area (Å²) in [4.78, 5) is 21.4. The van der Waals surface area contributed by atoms with Crippen LogP contribution in [-0.2, 0) is 16.0 Å². The Morgan fingerprint density at radius 2 is 2.12 bits per heavy atom. The molecule has 0 atom stereocenters. The van der Waals surface area contributed by atoms with Crippen molar-refractivity contribution in [2.24, 2.45) is 0 Å². The molecule has 92 valence electrons. The molecule has 0 spiro atoms. The molecule has 0 aromatic heterocycles. The zero-order valence-corrected chi connectivity index (χ0v) is 9.50. The van der Waals surface area contributed by atoms with Crippen LogP contribution in [0.1, 0.15) is 17.5 Å². The first-order valence-corrected chi connectivity index (χ1v) is 5.22. The van der Waals surface area contributed by atoms with Gasteiger partial charge in [0.05, 0.1) is 0 Å². The van der Waals surface area contributed by atoms with Gasteiger partial charge in [-0.1, -0.05) is 12.1 Å². The molecule has 17 heavy (non-hydrogen) atoms. The van der Waals surface area contributed by atoms with Crippen molar-refractivity contribution >= 4 is 11.9 Å². The third kappa shape index (κ3) is 4.63. The minimum absolute atomic E-state index is 0.193. The number of benzene rings is 1. The van der Waals surface area contributed by atoms with Gasteiger partial charge < -0.3 is 10.4 Å². The first kappa shape index (κ1) is 13.2. The first-order chi connectivity index (χ1) is 7.99. The van der Waals surface area contributed by atoms with Gasteiger partial charge in [0.15, 0.2) is 0 Å². The van der Waals surface area contributed by atoms with Gasteiger partial charge in [0.1, 0.15) is 12.4 Å². The van der Waals surface area contributed by atoms with Crippen molar-refractivity contribution in [1.82, 2.24) is 5.32 Å². The Kier molecular flexibility index (Phi) is 4.63. The van der Waals surface area contributed by atoms with Gasteiger partial charge in [-0.05, 0) is 30.5 Å². The summed E-state index contributed by atoms with van der Waals surface area (Å²) in [7, 11) is 0. The average Bonchev–Trinajstić information content (AvgIpc) is 2.28. The molecule has 1 aromatic rings. The van der Waals surface area contributed by atoms with Crippen LogP contribution in [0, 0.1) is 12.7 Å². The lowest BCUT2D eigenvalue weighted by molar-refractivity contribution is -0.137. The molecule has 0 aliphatic rings. The van der Waals surface area contributed by atoms with Crippen LogP contribution < -0.4 is 5.32 Å². The molecular weight excluding hydrogens is 225 g/mol. The Bertz CT molecular complexity index is 432. The summed E-state index contributed by atoms with van der Waals surface area (Å²) in [6.07, 6.45) is 0.658. The van der Waals surface area contributed by atoms with Crippen LogP contribution in [0.2, 0.25) is 0 Å². The summed E-state index contributed by atoms with van der Waals surface area (Å²) in [5, 5.41) is 10.6. The molecule has 1 rings (SSSR count). The number of aliphatic carboxylic acids is 1. The number of hydrogen-bond acceptors (Lipinski definition) is 2. The average molecular weight is 239 g/mol. The molecule has 0 saturated heterocycles. The fourth-order valence-corrected chi connectivity index (χ4v) is 1.38. The largest absolute Gasteiger partial charge is 0.480 e. The topological polar surface area (TPSA) is 66.4 Å². The fourth-order valence-electron chi connectivity index (χ4n) is 1.38. The van der Waals surface area contributed by atoms with E-state index in [2.05, 4.69) is 5.32 Å². The third-order valence-electron chi connectivity index (χ3n) is 2.30. The van der Waals surface area contributed by atoms with Gasteiger partial charge in [-0.2, -0.15) is 0 Å². The Balaban J connectivity index is 2.42. The van der Waals surface area contributed by atoms with Gasteiger partial charge in [-0.25, -0.2) is 4.39 Å². The lowest BCUT2D eigenvalue weighted by Crippen LogP contribution is -2.29. The maximum absolute atomic E-state index is 13.0. The van der Waals surface area contributed by atoms with Crippen molar-refractivity contribution < 1.29 is 19.1 Å². The number of carboxylic acids is 1. The van der Waals surface area contributed by atoms with Crippen LogP contribution in [0.25, 0.3) is 0 Å². The van der Waals surface area contributed by atoms with Crippen LogP contribution in [0.15, 0.2) is 18.2 Å². The number of carbonyl (C=O) groups is 2. The summed E-state index contributed by atoms with van der Waals surface area (Å²) >= 11 is 0. The van der Waals surface area contributed by atoms with Gasteiger partial charge in [0.2, 0.25) is 5.91 Å². The highest BCUT2D eigenvalue weighted by atomic mass is 19.1. The SMILES string of the molecule is Cc1cc(CCC(=O)NCC(=O)O)ccc1F. The molecule has 4 nitrogen and oxygen atoms in total. The number of hydrogen-bond donors (Lipinski definition) is 2. The summed E-state index contributed by atoms with van der Waals surface area (Å²) < 4.78 is 13.0. The van der Waals surface area contributed by atoms with E-state index in [9.17, 15) is 14.0 Å². The molecular formula is C12H14FNO3. The van der Waals surface area contributed by atoms with E-state index in [0.29, 0.717) is 12.0 Å². The highest BCUT2D eigenvalue weighted by Crippen LogP contribution is 2.10. The molecule has 1 amide bonds. The fraction of sp³-hybridized carbons (Fsp3) is 0.333. The number of halogens is 1. The Morgan fingerprint density at radius 3 is 2.71 bits per heavy atom. The van der Waals surface area contributed by atoms with Crippen LogP contribution >= 0.6 is 0 Å². The van der Waals surface area contributed by atoms with E-state index in [1.807, 2.05) is 0 Å². The van der Waals surface area contributed by atoms with Crippen molar-refractivity contribution in [3.8, 4) is 0 Å². The normalized spacial score (nSPS) is 10.0. The standard InChI is InChI=1S/C12H14FNO3/c1-8-6-9(2-4-10(8)13)3-5-11(15)14-7-12(16)17/h2,4,6H,3,5,7H2,1H3,(H,14,15)(H,16,17). The molecule has 0 radical (unpaired) electrons. The predicted molar refractivity (Wildman–Crippen MR) is 60.1 cm³/mol. The van der Waals surface area contributed by atoms with Crippen molar-refractivity contribution in [3.63, 3.8) is 0 Å². The maximum atomic E-state index is 13.0. The molecule has 0 aliphatic heterocycles. The first-order valence-electron chi connectivity index (χ1n) is 5.22. The molecule has 5 heteroatoms. The lowest BCUT2D eigenvalue weighted by Gasteiger charge is -2.04. The van der Waals surface area contributed by atoms with Crippen molar-refractivity contribution in [3.05, 3.63) is 35.1 Å². The number of rotatable bonds is 5. The van der Waals surface area contributed by atoms with Crippen LogP contribution in [0.5, 0.6) is 0 Å². The monoisotopic (exact) mass is 239 g/mol. The maximum Gasteiger partial charge on any atom is 0.322 e. The van der Waals surface area contributed by atoms with E-state index >= 15 is 0 Å². The van der Waals surface area contributed by atoms with Gasteiger partial charge in [-0.3, -0.25) is 9.59 Å². The number of aryl methyl sites for hydroxylation is 2. The van der Waals surface area contributed by atoms with E-state index < -0.39 is 5.97 Å². The minimum Gasteiger partial charge on any atom is -0.480 e. The van der Waals surface area contributed by atoms with Crippen molar-refractivity contribution in [2.45, 2.75) is 19.8 Å². The summed E-state index contributed by atoms with van der Waals surface area (Å²) in [6, 6.07) is 4.66. The zero-order valence-electron chi connectivity index (χ0n) is 9.50. The summed E-state index contributed by atoms with van der Waals surface area (Å²) in [5.41, 5.74) is 1.39. The molecule has 2 N–H and O–H groups in total. The summed E-state index contributed by atoms with van der Waals surface area (Å²) in [5.74, 6) is -1.67. The van der Waals surface area contributed by atoms with E-state index in [0.717, 1.165) is 5.56 Å². The molecule has 0 bridgehead atoms. The number of amides is 1. The summed E-state index contributed by atoms with van der Waals surface area (Å²) in [6.45, 7) is 1.28. The van der Waals surface area contributed by atoms with Gasteiger partial charge in [0, 0.05) is 6.42 Å². The van der Waals surface area contributed by atoms with Crippen molar-refractivity contribution in [2.75, 3.05) is 6.54 Å². The molecule has 0 unspecified atom stereocenters. The van der Waals surface area contributed by atoms with E-state index in [1.54, 1.807) is 19.1 Å². The highest BCUT2D eigenvalue weighted by Gasteiger charge is 2.05. The van der Waals surface area contributed by atoms with Crippen LogP contribution in [0.3, 0.4) is 0 Å². The number of carbonyl (C=O) groups excluding carboxylic acids is 1. The molecule has 0 heterocycles. The lowest BCUT2D eigenvalue weighted by atomic mass is 10.1. The molecule has 1 aromatic carbocycles. The zero-order chi connectivity index (χ0) is 12.8. The Hall–Kier alpha value is -1.91. The molecule has 0 fully saturated rings. The van der Waals surface area contributed by atoms with Gasteiger partial charge >= 0.3 is 5.97 Å².